The Hall–Kier alpha value is -4.07. The first-order valence-corrected chi connectivity index (χ1v) is 10.4. The van der Waals surface area contributed by atoms with Crippen molar-refractivity contribution in [1.29, 1.82) is 0 Å². The lowest BCUT2D eigenvalue weighted by Crippen LogP contribution is -2.28. The van der Waals surface area contributed by atoms with Gasteiger partial charge in [0.05, 0.1) is 29.3 Å². The van der Waals surface area contributed by atoms with Crippen molar-refractivity contribution in [3.63, 3.8) is 0 Å². The molecule has 2 N–H and O–H groups in total. The van der Waals surface area contributed by atoms with Crippen molar-refractivity contribution in [3.05, 3.63) is 88.6 Å². The Morgan fingerprint density at radius 2 is 2.00 bits per heavy atom. The van der Waals surface area contributed by atoms with E-state index in [9.17, 15) is 9.18 Å². The predicted octanol–water partition coefficient (Wildman–Crippen LogP) is 4.67. The number of aromatic nitrogens is 5. The van der Waals surface area contributed by atoms with Crippen LogP contribution in [0.25, 0.3) is 27.8 Å². The summed E-state index contributed by atoms with van der Waals surface area (Å²) in [6, 6.07) is 13.6. The number of halogens is 1. The van der Waals surface area contributed by atoms with Gasteiger partial charge >= 0.3 is 0 Å². The van der Waals surface area contributed by atoms with Crippen LogP contribution in [0.4, 0.5) is 10.1 Å². The maximum Gasteiger partial charge on any atom is 0.269 e. The number of aryl methyl sites for hydroxylation is 1. The van der Waals surface area contributed by atoms with E-state index in [4.69, 9.17) is 4.98 Å². The molecule has 0 spiro atoms. The Morgan fingerprint density at radius 3 is 2.81 bits per heavy atom. The summed E-state index contributed by atoms with van der Waals surface area (Å²) in [4.78, 5) is 29.9. The van der Waals surface area contributed by atoms with Crippen LogP contribution in [0, 0.1) is 12.7 Å². The lowest BCUT2D eigenvalue weighted by Gasteiger charge is -2.23. The summed E-state index contributed by atoms with van der Waals surface area (Å²) in [6.07, 6.45) is 3.91. The average molecular weight is 428 g/mol. The van der Waals surface area contributed by atoms with Gasteiger partial charge in [-0.05, 0) is 49.2 Å². The molecule has 0 amide bonds. The number of rotatable bonds is 5. The Bertz CT molecular complexity index is 1510. The molecular formula is C24H21FN6O. The van der Waals surface area contributed by atoms with Gasteiger partial charge in [-0.3, -0.25) is 9.36 Å². The molecule has 3 heterocycles. The molecule has 8 heteroatoms. The van der Waals surface area contributed by atoms with Crippen LogP contribution in [0.1, 0.15) is 30.8 Å². The third-order valence-electron chi connectivity index (χ3n) is 5.50. The van der Waals surface area contributed by atoms with Gasteiger partial charge in [-0.25, -0.2) is 19.3 Å². The minimum Gasteiger partial charge on any atom is -0.373 e. The van der Waals surface area contributed by atoms with E-state index in [0.717, 1.165) is 11.3 Å². The summed E-state index contributed by atoms with van der Waals surface area (Å²) < 4.78 is 16.1. The second-order valence-corrected chi connectivity index (χ2v) is 7.65. The molecule has 0 aliphatic rings. The van der Waals surface area contributed by atoms with Crippen molar-refractivity contribution >= 4 is 27.8 Å². The van der Waals surface area contributed by atoms with Gasteiger partial charge in [0, 0.05) is 6.20 Å². The van der Waals surface area contributed by atoms with E-state index in [1.807, 2.05) is 44.2 Å². The maximum absolute atomic E-state index is 14.6. The molecule has 0 bridgehead atoms. The number of anilines is 1. The molecule has 5 rings (SSSR count). The highest BCUT2D eigenvalue weighted by molar-refractivity contribution is 5.85. The zero-order chi connectivity index (χ0) is 22.2. The third-order valence-corrected chi connectivity index (χ3v) is 5.50. The van der Waals surface area contributed by atoms with E-state index < -0.39 is 11.4 Å². The van der Waals surface area contributed by atoms with Gasteiger partial charge in [0.1, 0.15) is 22.5 Å². The van der Waals surface area contributed by atoms with Crippen molar-refractivity contribution in [2.24, 2.45) is 0 Å². The maximum atomic E-state index is 14.6. The predicted molar refractivity (Wildman–Crippen MR) is 123 cm³/mol. The number of imidazole rings is 1. The molecule has 0 aliphatic carbocycles. The fourth-order valence-corrected chi connectivity index (χ4v) is 3.96. The summed E-state index contributed by atoms with van der Waals surface area (Å²) in [5.74, 6) is -0.0805. The molecule has 0 unspecified atom stereocenters. The Labute approximate surface area is 183 Å². The minimum absolute atomic E-state index is 0.0220. The Kier molecular flexibility index (Phi) is 4.89. The van der Waals surface area contributed by atoms with Gasteiger partial charge in [0.25, 0.3) is 5.56 Å². The fourth-order valence-electron chi connectivity index (χ4n) is 3.96. The summed E-state index contributed by atoms with van der Waals surface area (Å²) in [5.41, 5.74) is 3.65. The average Bonchev–Trinajstić information content (AvgIpc) is 3.27. The first-order valence-electron chi connectivity index (χ1n) is 10.4. The number of H-pyrrole nitrogens is 1. The standard InChI is InChI=1S/C24H21FN6O/c1-3-17(29-19-10-11-26-22-21(19)27-13-28-22)23-30-18-9-5-8-16(25)20(18)24(32)31(23)15-7-4-6-14(2)12-15/h4-13,17H,3H2,1-2H3,(H2,26,27,28,29)/t17-/m0/s1. The topological polar surface area (TPSA) is 88.5 Å². The number of nitrogens with zero attached hydrogens (tertiary/aromatic N) is 4. The van der Waals surface area contributed by atoms with E-state index in [-0.39, 0.29) is 11.4 Å². The van der Waals surface area contributed by atoms with Gasteiger partial charge in [-0.15, -0.1) is 0 Å². The lowest BCUT2D eigenvalue weighted by molar-refractivity contribution is 0.630. The summed E-state index contributed by atoms with van der Waals surface area (Å²) in [7, 11) is 0. The molecule has 0 radical (unpaired) electrons. The number of nitrogens with one attached hydrogen (secondary N) is 2. The van der Waals surface area contributed by atoms with Crippen LogP contribution in [0.2, 0.25) is 0 Å². The molecule has 0 aliphatic heterocycles. The van der Waals surface area contributed by atoms with Crippen molar-refractivity contribution < 1.29 is 4.39 Å². The molecule has 3 aromatic heterocycles. The monoisotopic (exact) mass is 428 g/mol. The number of fused-ring (bicyclic) bond motifs is 2. The quantitative estimate of drug-likeness (QED) is 0.425. The number of hydrogen-bond donors (Lipinski definition) is 2. The van der Waals surface area contributed by atoms with Gasteiger partial charge in [0.15, 0.2) is 5.65 Å². The highest BCUT2D eigenvalue weighted by Crippen LogP contribution is 2.27. The Morgan fingerprint density at radius 1 is 1.16 bits per heavy atom. The number of hydrogen-bond acceptors (Lipinski definition) is 5. The van der Waals surface area contributed by atoms with Gasteiger partial charge in [-0.2, -0.15) is 0 Å². The van der Waals surface area contributed by atoms with Crippen LogP contribution in [0.3, 0.4) is 0 Å². The Balaban J connectivity index is 1.75. The number of benzene rings is 2. The summed E-state index contributed by atoms with van der Waals surface area (Å²) in [5, 5.41) is 3.44. The SMILES string of the molecule is CC[C@H](Nc1ccnc2[nH]cnc12)c1nc2cccc(F)c2c(=O)n1-c1cccc(C)c1. The molecule has 2 aromatic carbocycles. The van der Waals surface area contributed by atoms with E-state index in [1.165, 1.54) is 10.6 Å². The highest BCUT2D eigenvalue weighted by Gasteiger charge is 2.22. The first kappa shape index (κ1) is 19.9. The van der Waals surface area contributed by atoms with Crippen LogP contribution in [-0.2, 0) is 0 Å². The van der Waals surface area contributed by atoms with Crippen molar-refractivity contribution in [1.82, 2.24) is 24.5 Å². The third kappa shape index (κ3) is 3.30. The van der Waals surface area contributed by atoms with E-state index >= 15 is 0 Å². The smallest absolute Gasteiger partial charge is 0.269 e. The zero-order valence-corrected chi connectivity index (χ0v) is 17.6. The van der Waals surface area contributed by atoms with Crippen LogP contribution < -0.4 is 10.9 Å². The molecule has 32 heavy (non-hydrogen) atoms. The van der Waals surface area contributed by atoms with Gasteiger partial charge < -0.3 is 10.3 Å². The van der Waals surface area contributed by atoms with E-state index in [0.29, 0.717) is 34.6 Å². The van der Waals surface area contributed by atoms with Gasteiger partial charge in [0.2, 0.25) is 0 Å². The number of pyridine rings is 1. The van der Waals surface area contributed by atoms with Crippen molar-refractivity contribution in [2.45, 2.75) is 26.3 Å². The summed E-state index contributed by atoms with van der Waals surface area (Å²) in [6.45, 7) is 3.95. The first-order chi connectivity index (χ1) is 15.6. The second kappa shape index (κ2) is 7.88. The van der Waals surface area contributed by atoms with Crippen LogP contribution in [0.15, 0.2) is 65.8 Å². The van der Waals surface area contributed by atoms with Crippen molar-refractivity contribution in [3.8, 4) is 5.69 Å². The zero-order valence-electron chi connectivity index (χ0n) is 17.6. The lowest BCUT2D eigenvalue weighted by atomic mass is 10.1. The number of aromatic amines is 1. The summed E-state index contributed by atoms with van der Waals surface area (Å²) >= 11 is 0. The van der Waals surface area contributed by atoms with Crippen LogP contribution in [0.5, 0.6) is 0 Å². The van der Waals surface area contributed by atoms with E-state index in [1.54, 1.807) is 24.7 Å². The molecule has 7 nitrogen and oxygen atoms in total. The minimum atomic E-state index is -0.582. The molecule has 0 fully saturated rings. The normalized spacial score (nSPS) is 12.3. The second-order valence-electron chi connectivity index (χ2n) is 7.65. The van der Waals surface area contributed by atoms with E-state index in [2.05, 4.69) is 20.3 Å². The molecule has 5 aromatic rings. The molecule has 1 atom stereocenters. The van der Waals surface area contributed by atoms with Crippen LogP contribution >= 0.6 is 0 Å². The molecular weight excluding hydrogens is 407 g/mol. The van der Waals surface area contributed by atoms with Crippen molar-refractivity contribution in [2.75, 3.05) is 5.32 Å². The highest BCUT2D eigenvalue weighted by atomic mass is 19.1. The largest absolute Gasteiger partial charge is 0.373 e. The van der Waals surface area contributed by atoms with Crippen LogP contribution in [-0.4, -0.2) is 24.5 Å². The molecule has 0 saturated carbocycles. The van der Waals surface area contributed by atoms with Gasteiger partial charge in [-0.1, -0.05) is 25.1 Å². The molecule has 160 valence electrons. The molecule has 0 saturated heterocycles. The fraction of sp³-hybridized carbons (Fsp3) is 0.167.